The van der Waals surface area contributed by atoms with E-state index in [1.165, 1.54) is 12.1 Å². The van der Waals surface area contributed by atoms with Crippen LogP contribution in [0.25, 0.3) is 0 Å². The lowest BCUT2D eigenvalue weighted by Gasteiger charge is -2.08. The van der Waals surface area contributed by atoms with Gasteiger partial charge in [0.1, 0.15) is 11.5 Å². The average molecular weight is 345 g/mol. The van der Waals surface area contributed by atoms with Gasteiger partial charge in [-0.1, -0.05) is 6.92 Å². The smallest absolute Gasteiger partial charge is 0.227 e. The maximum atomic E-state index is 11.9. The Morgan fingerprint density at radius 3 is 2.00 bits per heavy atom. The molecule has 0 aliphatic heterocycles. The van der Waals surface area contributed by atoms with Crippen molar-refractivity contribution in [3.05, 3.63) is 48.5 Å². The van der Waals surface area contributed by atoms with Crippen LogP contribution in [0.4, 0.5) is 5.69 Å². The molecule has 0 radical (unpaired) electrons. The van der Waals surface area contributed by atoms with E-state index in [2.05, 4.69) is 12.2 Å². The van der Waals surface area contributed by atoms with Crippen LogP contribution in [0.15, 0.2) is 53.4 Å². The number of amides is 1. The molecule has 6 heteroatoms. The Morgan fingerprint density at radius 1 is 1.04 bits per heavy atom. The summed E-state index contributed by atoms with van der Waals surface area (Å²) in [5.41, 5.74) is 0.735. The monoisotopic (exact) mass is 345 g/mol. The second-order valence-corrected chi connectivity index (χ2v) is 8.19. The van der Waals surface area contributed by atoms with Gasteiger partial charge in [0.05, 0.1) is 4.90 Å². The van der Waals surface area contributed by atoms with Gasteiger partial charge in [0.25, 0.3) is 0 Å². The van der Waals surface area contributed by atoms with E-state index in [9.17, 15) is 13.2 Å². The van der Waals surface area contributed by atoms with Crippen molar-refractivity contribution in [1.82, 2.24) is 0 Å². The molecule has 0 unspecified atom stereocenters. The molecule has 0 spiro atoms. The summed E-state index contributed by atoms with van der Waals surface area (Å²) in [5.74, 6) is 1.83. The minimum Gasteiger partial charge on any atom is -0.457 e. The topological polar surface area (TPSA) is 72.5 Å². The lowest BCUT2D eigenvalue weighted by Crippen LogP contribution is -2.14. The molecule has 2 atom stereocenters. The molecular formula is C18H19NO4S. The molecule has 0 saturated heterocycles. The minimum absolute atomic E-state index is 0.0625. The van der Waals surface area contributed by atoms with Gasteiger partial charge in [-0.05, 0) is 60.9 Å². The second kappa shape index (κ2) is 6.28. The van der Waals surface area contributed by atoms with E-state index < -0.39 is 9.84 Å². The van der Waals surface area contributed by atoms with Crippen molar-refractivity contribution in [2.45, 2.75) is 18.2 Å². The molecule has 0 aromatic heterocycles. The Hall–Kier alpha value is -2.34. The zero-order valence-corrected chi connectivity index (χ0v) is 14.3. The van der Waals surface area contributed by atoms with E-state index in [0.717, 1.165) is 18.4 Å². The van der Waals surface area contributed by atoms with Crippen LogP contribution >= 0.6 is 0 Å². The minimum atomic E-state index is -3.21. The van der Waals surface area contributed by atoms with Gasteiger partial charge in [0.2, 0.25) is 5.91 Å². The molecule has 3 rings (SSSR count). The summed E-state index contributed by atoms with van der Waals surface area (Å²) in [6.45, 7) is 2.07. The molecule has 1 aliphatic rings. The first-order valence-electron chi connectivity index (χ1n) is 7.72. The SMILES string of the molecule is C[C@H]1C[C@H]1C(=O)Nc1ccc(Oc2ccc(S(C)(=O)=O)cc2)cc1. The molecule has 0 bridgehead atoms. The molecule has 2 aromatic carbocycles. The summed E-state index contributed by atoms with van der Waals surface area (Å²) in [7, 11) is -3.21. The van der Waals surface area contributed by atoms with E-state index >= 15 is 0 Å². The van der Waals surface area contributed by atoms with Crippen molar-refractivity contribution in [3.63, 3.8) is 0 Å². The molecule has 1 amide bonds. The summed E-state index contributed by atoms with van der Waals surface area (Å²) in [5, 5.41) is 2.89. The van der Waals surface area contributed by atoms with Gasteiger partial charge in [0, 0.05) is 17.9 Å². The molecule has 1 fully saturated rings. The van der Waals surface area contributed by atoms with Crippen LogP contribution in [-0.4, -0.2) is 20.6 Å². The van der Waals surface area contributed by atoms with E-state index in [1.54, 1.807) is 36.4 Å². The fraction of sp³-hybridized carbons (Fsp3) is 0.278. The predicted molar refractivity (Wildman–Crippen MR) is 92.0 cm³/mol. The summed E-state index contributed by atoms with van der Waals surface area (Å²) in [6.07, 6.45) is 2.12. The highest BCUT2D eigenvalue weighted by Gasteiger charge is 2.38. The maximum absolute atomic E-state index is 11.9. The zero-order chi connectivity index (χ0) is 17.3. The van der Waals surface area contributed by atoms with Gasteiger partial charge < -0.3 is 10.1 Å². The van der Waals surface area contributed by atoms with Gasteiger partial charge >= 0.3 is 0 Å². The van der Waals surface area contributed by atoms with Crippen LogP contribution in [0, 0.1) is 11.8 Å². The first kappa shape index (κ1) is 16.5. The average Bonchev–Trinajstić information content (AvgIpc) is 3.26. The maximum Gasteiger partial charge on any atom is 0.227 e. The number of benzene rings is 2. The number of ether oxygens (including phenoxy) is 1. The number of rotatable bonds is 5. The summed E-state index contributed by atoms with van der Waals surface area (Å²) in [4.78, 5) is 12.1. The Morgan fingerprint density at radius 2 is 1.54 bits per heavy atom. The van der Waals surface area contributed by atoms with E-state index in [-0.39, 0.29) is 16.7 Å². The molecule has 1 saturated carbocycles. The van der Waals surface area contributed by atoms with Crippen molar-refractivity contribution < 1.29 is 17.9 Å². The van der Waals surface area contributed by atoms with Crippen LogP contribution in [0.5, 0.6) is 11.5 Å². The van der Waals surface area contributed by atoms with Crippen LogP contribution in [0.1, 0.15) is 13.3 Å². The largest absolute Gasteiger partial charge is 0.457 e. The van der Waals surface area contributed by atoms with Crippen LogP contribution in [-0.2, 0) is 14.6 Å². The first-order chi connectivity index (χ1) is 11.3. The van der Waals surface area contributed by atoms with Crippen molar-refractivity contribution >= 4 is 21.4 Å². The van der Waals surface area contributed by atoms with Crippen LogP contribution < -0.4 is 10.1 Å². The van der Waals surface area contributed by atoms with Crippen LogP contribution in [0.3, 0.4) is 0 Å². The third-order valence-electron chi connectivity index (χ3n) is 4.06. The fourth-order valence-corrected chi connectivity index (χ4v) is 3.05. The Kier molecular flexibility index (Phi) is 4.32. The lowest BCUT2D eigenvalue weighted by molar-refractivity contribution is -0.117. The zero-order valence-electron chi connectivity index (χ0n) is 13.5. The van der Waals surface area contributed by atoms with E-state index in [0.29, 0.717) is 17.4 Å². The Bertz CT molecular complexity index is 842. The van der Waals surface area contributed by atoms with Gasteiger partial charge in [0.15, 0.2) is 9.84 Å². The highest BCUT2D eigenvalue weighted by molar-refractivity contribution is 7.90. The number of hydrogen-bond donors (Lipinski definition) is 1. The third-order valence-corrected chi connectivity index (χ3v) is 5.18. The standard InChI is InChI=1S/C18H19NO4S/c1-12-11-17(12)18(20)19-13-3-5-14(6-4-13)23-15-7-9-16(10-8-15)24(2,21)22/h3-10,12,17H,11H2,1-2H3,(H,19,20)/t12-,17+/m0/s1. The van der Waals surface area contributed by atoms with Crippen molar-refractivity contribution in [1.29, 1.82) is 0 Å². The number of sulfone groups is 1. The molecule has 1 aliphatic carbocycles. The molecular weight excluding hydrogens is 326 g/mol. The molecule has 0 heterocycles. The normalized spacial score (nSPS) is 19.6. The van der Waals surface area contributed by atoms with Crippen molar-refractivity contribution in [2.24, 2.45) is 11.8 Å². The molecule has 24 heavy (non-hydrogen) atoms. The summed E-state index contributed by atoms with van der Waals surface area (Å²) < 4.78 is 28.5. The van der Waals surface area contributed by atoms with Gasteiger partial charge in [-0.3, -0.25) is 4.79 Å². The number of nitrogens with one attached hydrogen (secondary N) is 1. The highest BCUT2D eigenvalue weighted by atomic mass is 32.2. The molecule has 5 nitrogen and oxygen atoms in total. The van der Waals surface area contributed by atoms with E-state index in [1.807, 2.05) is 0 Å². The van der Waals surface area contributed by atoms with Crippen LogP contribution in [0.2, 0.25) is 0 Å². The number of carbonyl (C=O) groups is 1. The van der Waals surface area contributed by atoms with Crippen molar-refractivity contribution in [3.8, 4) is 11.5 Å². The van der Waals surface area contributed by atoms with Gasteiger partial charge in [-0.15, -0.1) is 0 Å². The highest BCUT2D eigenvalue weighted by Crippen LogP contribution is 2.38. The van der Waals surface area contributed by atoms with Gasteiger partial charge in [-0.2, -0.15) is 0 Å². The van der Waals surface area contributed by atoms with Crippen molar-refractivity contribution in [2.75, 3.05) is 11.6 Å². The van der Waals surface area contributed by atoms with Gasteiger partial charge in [-0.25, -0.2) is 8.42 Å². The summed E-state index contributed by atoms with van der Waals surface area (Å²) in [6, 6.07) is 13.3. The number of hydrogen-bond acceptors (Lipinski definition) is 4. The van der Waals surface area contributed by atoms with E-state index in [4.69, 9.17) is 4.74 Å². The quantitative estimate of drug-likeness (QED) is 0.900. The first-order valence-corrected chi connectivity index (χ1v) is 9.61. The molecule has 2 aromatic rings. The molecule has 126 valence electrons. The predicted octanol–water partition coefficient (Wildman–Crippen LogP) is 3.48. The lowest BCUT2D eigenvalue weighted by atomic mass is 10.2. The Balaban J connectivity index is 1.62. The number of carbonyl (C=O) groups excluding carboxylic acids is 1. The summed E-state index contributed by atoms with van der Waals surface area (Å²) >= 11 is 0. The molecule has 1 N–H and O–H groups in total. The fourth-order valence-electron chi connectivity index (χ4n) is 2.42. The number of anilines is 1. The third kappa shape index (κ3) is 3.94. The Labute approximate surface area is 141 Å². The second-order valence-electron chi connectivity index (χ2n) is 6.18.